The number of hydrogen-bond acceptors (Lipinski definition) is 3. The highest BCUT2D eigenvalue weighted by Gasteiger charge is 2.27. The second kappa shape index (κ2) is 7.71. The summed E-state index contributed by atoms with van der Waals surface area (Å²) < 4.78 is -1.52. The molecule has 0 radical (unpaired) electrons. The molecule has 4 nitrogen and oxygen atoms in total. The first-order valence-electron chi connectivity index (χ1n) is 7.20. The van der Waals surface area contributed by atoms with E-state index in [1.54, 1.807) is 42.5 Å². The minimum Gasteiger partial charge on any atom is -0.267 e. The van der Waals surface area contributed by atoms with Crippen molar-refractivity contribution in [3.8, 4) is 5.69 Å². The van der Waals surface area contributed by atoms with Crippen LogP contribution in [0.15, 0.2) is 58.1 Å². The first-order chi connectivity index (χ1) is 12.5. The summed E-state index contributed by atoms with van der Waals surface area (Å²) in [6, 6.07) is 13.0. The fourth-order valence-electron chi connectivity index (χ4n) is 2.49. The molecule has 0 aliphatic carbocycles. The highest BCUT2D eigenvalue weighted by Crippen LogP contribution is 2.39. The lowest BCUT2D eigenvalue weighted by Crippen LogP contribution is -2.37. The van der Waals surface area contributed by atoms with Gasteiger partial charge in [-0.25, -0.2) is 4.79 Å². The Hall–Kier alpha value is -0.530. The van der Waals surface area contributed by atoms with Gasteiger partial charge in [-0.15, -0.1) is 0 Å². The fourth-order valence-corrected chi connectivity index (χ4v) is 4.02. The summed E-state index contributed by atoms with van der Waals surface area (Å²) in [5.74, 6) is 0. The molecule has 0 saturated carbocycles. The monoisotopic (exact) mass is 502 g/mol. The molecule has 0 spiro atoms. The Morgan fingerprint density at radius 3 is 2.15 bits per heavy atom. The van der Waals surface area contributed by atoms with Crippen molar-refractivity contribution in [2.24, 2.45) is 0 Å². The van der Waals surface area contributed by atoms with Crippen LogP contribution in [-0.2, 0) is 3.79 Å². The lowest BCUT2D eigenvalue weighted by atomic mass is 10.2. The van der Waals surface area contributed by atoms with Crippen molar-refractivity contribution in [3.63, 3.8) is 0 Å². The quantitative estimate of drug-likeness (QED) is 0.414. The maximum atomic E-state index is 13.1. The standard InChI is InChI=1S/C16H8Cl6N2O2S/c17-15(18,19)9-4-3-5-10(8-9)23-12-7-2-1-6-11(12)13(25)24(14(23)26)27-16(20,21)22/h1-8H. The summed E-state index contributed by atoms with van der Waals surface area (Å²) in [5, 5.41) is 0.262. The fraction of sp³-hybridized carbons (Fsp3) is 0.125. The Morgan fingerprint density at radius 1 is 0.852 bits per heavy atom. The minimum absolute atomic E-state index is 0.262. The van der Waals surface area contributed by atoms with Crippen molar-refractivity contribution < 1.29 is 0 Å². The van der Waals surface area contributed by atoms with Crippen molar-refractivity contribution in [1.82, 2.24) is 8.54 Å². The van der Waals surface area contributed by atoms with Gasteiger partial charge in [0, 0.05) is 17.5 Å². The summed E-state index contributed by atoms with van der Waals surface area (Å²) in [6.45, 7) is 0. The summed E-state index contributed by atoms with van der Waals surface area (Å²) in [7, 11) is 0. The van der Waals surface area contributed by atoms with Crippen LogP contribution in [0, 0.1) is 0 Å². The maximum absolute atomic E-state index is 13.1. The molecule has 0 aliphatic heterocycles. The molecule has 1 heterocycles. The van der Waals surface area contributed by atoms with E-state index in [1.807, 2.05) is 0 Å². The maximum Gasteiger partial charge on any atom is 0.346 e. The number of hydrogen-bond donors (Lipinski definition) is 0. The molecule has 0 bridgehead atoms. The molecular weight excluding hydrogens is 497 g/mol. The molecule has 142 valence electrons. The summed E-state index contributed by atoms with van der Waals surface area (Å²) in [4.78, 5) is 25.8. The third-order valence-corrected chi connectivity index (χ3v) is 5.54. The summed E-state index contributed by atoms with van der Waals surface area (Å²) in [6.07, 6.45) is 0. The van der Waals surface area contributed by atoms with E-state index in [4.69, 9.17) is 69.6 Å². The lowest BCUT2D eigenvalue weighted by Gasteiger charge is -2.17. The molecule has 11 heteroatoms. The molecule has 3 rings (SSSR count). The van der Waals surface area contributed by atoms with Crippen molar-refractivity contribution in [2.45, 2.75) is 6.92 Å². The van der Waals surface area contributed by atoms with E-state index in [0.717, 1.165) is 3.97 Å². The van der Waals surface area contributed by atoms with E-state index in [1.165, 1.54) is 10.6 Å². The Morgan fingerprint density at radius 2 is 1.52 bits per heavy atom. The second-order valence-electron chi connectivity index (χ2n) is 5.32. The van der Waals surface area contributed by atoms with Gasteiger partial charge in [0.25, 0.3) is 8.68 Å². The highest BCUT2D eigenvalue weighted by atomic mass is 35.6. The molecule has 27 heavy (non-hydrogen) atoms. The zero-order chi connectivity index (χ0) is 20.0. The number of alkyl halides is 6. The average Bonchev–Trinajstić information content (AvgIpc) is 2.57. The number of fused-ring (bicyclic) bond motifs is 1. The Labute approximate surface area is 187 Å². The third-order valence-electron chi connectivity index (χ3n) is 3.55. The van der Waals surface area contributed by atoms with Gasteiger partial charge in [0.05, 0.1) is 16.6 Å². The molecule has 3 aromatic rings. The third kappa shape index (κ3) is 4.56. The predicted molar refractivity (Wildman–Crippen MR) is 116 cm³/mol. The van der Waals surface area contributed by atoms with E-state index in [9.17, 15) is 9.59 Å². The molecule has 0 amide bonds. The second-order valence-corrected chi connectivity index (χ2v) is 11.7. The average molecular weight is 505 g/mol. The van der Waals surface area contributed by atoms with Gasteiger partial charge >= 0.3 is 5.69 Å². The van der Waals surface area contributed by atoms with Gasteiger partial charge < -0.3 is 0 Å². The van der Waals surface area contributed by atoms with Crippen LogP contribution < -0.4 is 11.2 Å². The molecule has 0 unspecified atom stereocenters. The van der Waals surface area contributed by atoms with Gasteiger partial charge in [-0.05, 0) is 24.3 Å². The van der Waals surface area contributed by atoms with E-state index >= 15 is 0 Å². The van der Waals surface area contributed by atoms with Crippen LogP contribution in [0.25, 0.3) is 16.6 Å². The smallest absolute Gasteiger partial charge is 0.267 e. The zero-order valence-electron chi connectivity index (χ0n) is 13.0. The van der Waals surface area contributed by atoms with Gasteiger partial charge in [0.1, 0.15) is 0 Å². The molecule has 0 aliphatic rings. The van der Waals surface area contributed by atoms with Gasteiger partial charge in [0.2, 0.25) is 3.79 Å². The predicted octanol–water partition coefficient (Wildman–Crippen LogP) is 5.80. The number of aromatic nitrogens is 2. The van der Waals surface area contributed by atoms with Crippen LogP contribution in [0.1, 0.15) is 5.56 Å². The van der Waals surface area contributed by atoms with E-state index in [0.29, 0.717) is 28.7 Å². The van der Waals surface area contributed by atoms with Crippen molar-refractivity contribution in [1.29, 1.82) is 0 Å². The SMILES string of the molecule is O=c1c2ccccc2n(-c2cccc(C(Cl)(Cl)Cl)c2)c(=O)n1SC(Cl)(Cl)Cl. The number of rotatable bonds is 2. The summed E-state index contributed by atoms with van der Waals surface area (Å²) >= 11 is 35.7. The van der Waals surface area contributed by atoms with E-state index < -0.39 is 18.2 Å². The van der Waals surface area contributed by atoms with Crippen LogP contribution in [0.3, 0.4) is 0 Å². The Kier molecular flexibility index (Phi) is 6.05. The molecule has 1 aromatic heterocycles. The van der Waals surface area contributed by atoms with Crippen molar-refractivity contribution in [3.05, 3.63) is 74.9 Å². The van der Waals surface area contributed by atoms with Crippen molar-refractivity contribution in [2.75, 3.05) is 0 Å². The zero-order valence-corrected chi connectivity index (χ0v) is 18.4. The Balaban J connectivity index is 2.40. The normalized spacial score (nSPS) is 12.5. The van der Waals surface area contributed by atoms with Crippen LogP contribution in [0.5, 0.6) is 0 Å². The van der Waals surface area contributed by atoms with Crippen LogP contribution >= 0.6 is 81.6 Å². The number of halogens is 6. The molecule has 0 fully saturated rings. The van der Waals surface area contributed by atoms with Crippen LogP contribution in [-0.4, -0.2) is 11.7 Å². The Bertz CT molecular complexity index is 1130. The van der Waals surface area contributed by atoms with Crippen molar-refractivity contribution >= 4 is 92.5 Å². The van der Waals surface area contributed by atoms with Crippen LogP contribution in [0.4, 0.5) is 0 Å². The van der Waals surface area contributed by atoms with Gasteiger partial charge in [-0.2, -0.15) is 3.97 Å². The summed E-state index contributed by atoms with van der Waals surface area (Å²) in [5.41, 5.74) is -0.196. The van der Waals surface area contributed by atoms with Gasteiger partial charge in [0.15, 0.2) is 0 Å². The topological polar surface area (TPSA) is 44.0 Å². The molecular formula is C16H8Cl6N2O2S. The molecule has 2 aromatic carbocycles. The highest BCUT2D eigenvalue weighted by molar-refractivity contribution is 8.03. The van der Waals surface area contributed by atoms with Gasteiger partial charge in [-0.1, -0.05) is 93.9 Å². The lowest BCUT2D eigenvalue weighted by molar-refractivity contribution is 0.904. The molecule has 0 saturated heterocycles. The molecule has 0 N–H and O–H groups in total. The first-order valence-corrected chi connectivity index (χ1v) is 10.2. The first kappa shape index (κ1) is 21.2. The van der Waals surface area contributed by atoms with Gasteiger partial charge in [-0.3, -0.25) is 9.36 Å². The number of benzene rings is 2. The number of nitrogens with zero attached hydrogens (tertiary/aromatic N) is 2. The van der Waals surface area contributed by atoms with E-state index in [2.05, 4.69) is 0 Å². The largest absolute Gasteiger partial charge is 0.346 e. The van der Waals surface area contributed by atoms with Crippen LogP contribution in [0.2, 0.25) is 0 Å². The minimum atomic E-state index is -1.91. The number of para-hydroxylation sites is 1. The molecule has 0 atom stereocenters. The van der Waals surface area contributed by atoms with E-state index in [-0.39, 0.29) is 5.39 Å².